The predicted molar refractivity (Wildman–Crippen MR) is 120 cm³/mol. The van der Waals surface area contributed by atoms with Crippen molar-refractivity contribution < 1.29 is 28.6 Å². The molecule has 0 fully saturated rings. The van der Waals surface area contributed by atoms with Crippen molar-refractivity contribution in [3.05, 3.63) is 86.8 Å². The monoisotopic (exact) mass is 479 g/mol. The molecule has 2 heterocycles. The van der Waals surface area contributed by atoms with Crippen molar-refractivity contribution >= 4 is 35.2 Å². The van der Waals surface area contributed by atoms with E-state index in [1.54, 1.807) is 36.4 Å². The van der Waals surface area contributed by atoms with Gasteiger partial charge < -0.3 is 19.9 Å². The van der Waals surface area contributed by atoms with E-state index in [0.717, 1.165) is 19.1 Å². The van der Waals surface area contributed by atoms with Gasteiger partial charge in [-0.25, -0.2) is 14.4 Å². The third-order valence-electron chi connectivity index (χ3n) is 5.61. The van der Waals surface area contributed by atoms with Crippen LogP contribution in [0.15, 0.2) is 65.1 Å². The summed E-state index contributed by atoms with van der Waals surface area (Å²) in [5, 5.41) is 10.1. The minimum Gasteiger partial charge on any atom is -0.466 e. The maximum Gasteiger partial charge on any atom is 0.355 e. The van der Waals surface area contributed by atoms with E-state index in [1.807, 2.05) is 6.07 Å². The minimum absolute atomic E-state index is 0.000214. The summed E-state index contributed by atoms with van der Waals surface area (Å²) in [5.74, 6) is -3.74. The number of hydrogen-bond donors (Lipinski definition) is 1. The molecule has 2 aliphatic rings. The van der Waals surface area contributed by atoms with Crippen molar-refractivity contribution in [1.29, 1.82) is 5.26 Å². The number of allylic oxidation sites excluding steroid dienone is 1. The highest BCUT2D eigenvalue weighted by Crippen LogP contribution is 2.47. The number of ether oxygens (including phenoxy) is 3. The molecule has 0 saturated carbocycles. The summed E-state index contributed by atoms with van der Waals surface area (Å²) in [4.78, 5) is 39.9. The number of cyclic esters (lactones) is 1. The number of nitrogens with zero attached hydrogens (tertiary/aromatic N) is 2. The third-order valence-corrected chi connectivity index (χ3v) is 5.92. The Balaban J connectivity index is 2.14. The Morgan fingerprint density at radius 1 is 1.15 bits per heavy atom. The fourth-order valence-corrected chi connectivity index (χ4v) is 4.38. The molecule has 172 valence electrons. The minimum atomic E-state index is -1.04. The molecular formula is C24H18ClN3O6. The third kappa shape index (κ3) is 3.45. The highest BCUT2D eigenvalue weighted by Gasteiger charge is 2.45. The van der Waals surface area contributed by atoms with Crippen LogP contribution in [0.3, 0.4) is 0 Å². The number of hydrogen-bond acceptors (Lipinski definition) is 9. The number of esters is 3. The zero-order valence-electron chi connectivity index (χ0n) is 18.1. The molecule has 0 aromatic heterocycles. The van der Waals surface area contributed by atoms with E-state index in [4.69, 9.17) is 31.5 Å². The first kappa shape index (κ1) is 22.9. The zero-order valence-corrected chi connectivity index (χ0v) is 18.9. The number of benzene rings is 2. The normalized spacial score (nSPS) is 17.2. The maximum absolute atomic E-state index is 13.1. The summed E-state index contributed by atoms with van der Waals surface area (Å²) in [6, 6.07) is 13.7. The van der Waals surface area contributed by atoms with Crippen molar-refractivity contribution in [1.82, 2.24) is 0 Å². The molecule has 9 nitrogen and oxygen atoms in total. The molecule has 2 aliphatic heterocycles. The first-order chi connectivity index (χ1) is 16.3. The largest absolute Gasteiger partial charge is 0.466 e. The molecule has 0 radical (unpaired) electrons. The smallest absolute Gasteiger partial charge is 0.355 e. The number of methoxy groups -OCH3 is 2. The van der Waals surface area contributed by atoms with Gasteiger partial charge >= 0.3 is 17.9 Å². The van der Waals surface area contributed by atoms with Crippen LogP contribution in [0.2, 0.25) is 5.02 Å². The second-order valence-corrected chi connectivity index (χ2v) is 7.75. The Morgan fingerprint density at radius 2 is 1.82 bits per heavy atom. The maximum atomic E-state index is 13.1. The Kier molecular flexibility index (Phi) is 6.01. The second kappa shape index (κ2) is 8.92. The van der Waals surface area contributed by atoms with Crippen molar-refractivity contribution in [2.24, 2.45) is 5.73 Å². The average molecular weight is 480 g/mol. The summed E-state index contributed by atoms with van der Waals surface area (Å²) < 4.78 is 15.1. The lowest BCUT2D eigenvalue weighted by atomic mass is 9.80. The molecule has 10 heteroatoms. The van der Waals surface area contributed by atoms with Gasteiger partial charge in [0.1, 0.15) is 18.1 Å². The van der Waals surface area contributed by atoms with Gasteiger partial charge in [0, 0.05) is 5.56 Å². The zero-order chi connectivity index (χ0) is 24.6. The summed E-state index contributed by atoms with van der Waals surface area (Å²) in [6.45, 7) is -0.00528. The van der Waals surface area contributed by atoms with Crippen LogP contribution in [0.5, 0.6) is 0 Å². The highest BCUT2D eigenvalue weighted by molar-refractivity contribution is 6.34. The number of carbonyl (C=O) groups is 3. The lowest BCUT2D eigenvalue weighted by Crippen LogP contribution is -2.41. The molecular weight excluding hydrogens is 462 g/mol. The van der Waals surface area contributed by atoms with E-state index in [-0.39, 0.29) is 45.5 Å². The van der Waals surface area contributed by atoms with E-state index in [0.29, 0.717) is 11.1 Å². The van der Waals surface area contributed by atoms with Crippen LogP contribution in [0, 0.1) is 11.3 Å². The fourth-order valence-electron chi connectivity index (χ4n) is 4.14. The van der Waals surface area contributed by atoms with Gasteiger partial charge in [0.05, 0.1) is 53.6 Å². The molecule has 0 bridgehead atoms. The van der Waals surface area contributed by atoms with Gasteiger partial charge in [0.25, 0.3) is 0 Å². The average Bonchev–Trinajstić information content (AvgIpc) is 3.23. The predicted octanol–water partition coefficient (Wildman–Crippen LogP) is 2.91. The van der Waals surface area contributed by atoms with Crippen LogP contribution < -0.4 is 10.6 Å². The van der Waals surface area contributed by atoms with Gasteiger partial charge in [0.2, 0.25) is 0 Å². The lowest BCUT2D eigenvalue weighted by molar-refractivity contribution is -0.139. The lowest BCUT2D eigenvalue weighted by Gasteiger charge is -2.36. The summed E-state index contributed by atoms with van der Waals surface area (Å²) in [5.41, 5.74) is 7.00. The van der Waals surface area contributed by atoms with Gasteiger partial charge in [-0.05, 0) is 11.6 Å². The molecule has 2 aromatic carbocycles. The first-order valence-electron chi connectivity index (χ1n) is 9.99. The van der Waals surface area contributed by atoms with Crippen LogP contribution in [0.1, 0.15) is 27.4 Å². The molecule has 2 N–H and O–H groups in total. The Bertz CT molecular complexity index is 1330. The molecule has 1 atom stereocenters. The topological polar surface area (TPSA) is 132 Å². The van der Waals surface area contributed by atoms with Crippen molar-refractivity contribution in [3.63, 3.8) is 0 Å². The molecule has 4 rings (SSSR count). The summed E-state index contributed by atoms with van der Waals surface area (Å²) in [6.07, 6.45) is 0. The van der Waals surface area contributed by atoms with E-state index in [9.17, 15) is 19.6 Å². The molecule has 1 unspecified atom stereocenters. The number of anilines is 1. The molecule has 0 amide bonds. The van der Waals surface area contributed by atoms with E-state index >= 15 is 0 Å². The van der Waals surface area contributed by atoms with E-state index in [2.05, 4.69) is 0 Å². The van der Waals surface area contributed by atoms with Gasteiger partial charge in [-0.1, -0.05) is 48.0 Å². The van der Waals surface area contributed by atoms with Crippen LogP contribution >= 0.6 is 11.6 Å². The standard InChI is InChI=1S/C24H18ClN3O6/c1-32-22(29)18-16(12-6-4-3-5-7-12)14(10-26)21(27)28(20(18)24(31)33-2)19-15(25)9-8-13-11-34-23(30)17(13)19/h3-9,16H,11,27H2,1-2H3. The SMILES string of the molecule is COC(=O)C1=C(C(=O)OC)N(c2c(Cl)ccc3c2C(=O)OC3)C(N)=C(C#N)C1c1ccccc1. The first-order valence-corrected chi connectivity index (χ1v) is 10.4. The molecule has 0 saturated heterocycles. The Labute approximate surface area is 199 Å². The second-order valence-electron chi connectivity index (χ2n) is 7.34. The van der Waals surface area contributed by atoms with Crippen LogP contribution in [-0.2, 0) is 30.4 Å². The van der Waals surface area contributed by atoms with Gasteiger partial charge in [-0.2, -0.15) is 5.26 Å². The quantitative estimate of drug-likeness (QED) is 0.519. The Hall–Kier alpha value is -4.29. The van der Waals surface area contributed by atoms with Gasteiger partial charge in [-0.3, -0.25) is 4.90 Å². The number of nitrogens with two attached hydrogens (primary N) is 1. The van der Waals surface area contributed by atoms with Crippen LogP contribution in [-0.4, -0.2) is 32.1 Å². The molecule has 0 aliphatic carbocycles. The van der Waals surface area contributed by atoms with E-state index in [1.165, 1.54) is 6.07 Å². The number of fused-ring (bicyclic) bond motifs is 1. The van der Waals surface area contributed by atoms with Crippen LogP contribution in [0.4, 0.5) is 5.69 Å². The number of halogens is 1. The number of carbonyl (C=O) groups excluding carboxylic acids is 3. The van der Waals surface area contributed by atoms with Gasteiger partial charge in [-0.15, -0.1) is 0 Å². The van der Waals surface area contributed by atoms with Crippen molar-refractivity contribution in [2.75, 3.05) is 19.1 Å². The highest BCUT2D eigenvalue weighted by atomic mass is 35.5. The fraction of sp³-hybridized carbons (Fsp3) is 0.167. The van der Waals surface area contributed by atoms with Crippen LogP contribution in [0.25, 0.3) is 0 Å². The molecule has 2 aromatic rings. The van der Waals surface area contributed by atoms with E-state index < -0.39 is 23.8 Å². The van der Waals surface area contributed by atoms with Crippen molar-refractivity contribution in [3.8, 4) is 6.07 Å². The summed E-state index contributed by atoms with van der Waals surface area (Å²) in [7, 11) is 2.28. The van der Waals surface area contributed by atoms with Crippen molar-refractivity contribution in [2.45, 2.75) is 12.5 Å². The molecule has 34 heavy (non-hydrogen) atoms. The number of rotatable bonds is 4. The van der Waals surface area contributed by atoms with Gasteiger partial charge in [0.15, 0.2) is 0 Å². The molecule has 0 spiro atoms. The summed E-state index contributed by atoms with van der Waals surface area (Å²) >= 11 is 6.49. The Morgan fingerprint density at radius 3 is 2.44 bits per heavy atom. The number of nitriles is 1.